The molecule has 10 nitrogen and oxygen atoms in total. The van der Waals surface area contributed by atoms with Crippen LogP contribution in [0.5, 0.6) is 0 Å². The number of aryl methyl sites for hydroxylation is 1. The van der Waals surface area contributed by atoms with Crippen molar-refractivity contribution in [1.29, 1.82) is 0 Å². The third-order valence-corrected chi connectivity index (χ3v) is 5.49. The van der Waals surface area contributed by atoms with Crippen molar-refractivity contribution in [3.05, 3.63) is 71.6 Å². The largest absolute Gasteiger partial charge is 0.459 e. The van der Waals surface area contributed by atoms with Crippen molar-refractivity contribution in [3.8, 4) is 0 Å². The molecule has 0 unspecified atom stereocenters. The molecular formula is C24H27NO9. The highest BCUT2D eigenvalue weighted by Gasteiger charge is 2.49. The highest BCUT2D eigenvalue weighted by molar-refractivity contribution is 6.08. The Balaban J connectivity index is 1.67. The SMILES string of the molecule is C=CCOC(=O)[C@@H]1O[C@@H](OC(=O)Cc2ccc(C(=O)c3ccc(C)cc3)n2C)[C@@H](O)[C@H](O)[C@@H]1O. The first-order valence-corrected chi connectivity index (χ1v) is 10.6. The zero-order chi connectivity index (χ0) is 25.0. The minimum absolute atomic E-state index is 0.161. The maximum atomic E-state index is 12.8. The Bertz CT molecular complexity index is 1060. The van der Waals surface area contributed by atoms with E-state index in [9.17, 15) is 29.7 Å². The molecule has 3 N–H and O–H groups in total. The normalized spacial score (nSPS) is 24.3. The van der Waals surface area contributed by atoms with Crippen LogP contribution < -0.4 is 0 Å². The number of esters is 2. The maximum absolute atomic E-state index is 12.8. The van der Waals surface area contributed by atoms with Crippen LogP contribution >= 0.6 is 0 Å². The van der Waals surface area contributed by atoms with Gasteiger partial charge < -0.3 is 34.1 Å². The lowest BCUT2D eigenvalue weighted by atomic mass is 9.99. The van der Waals surface area contributed by atoms with Crippen molar-refractivity contribution in [2.75, 3.05) is 6.61 Å². The van der Waals surface area contributed by atoms with Gasteiger partial charge in [-0.1, -0.05) is 42.5 Å². The fourth-order valence-electron chi connectivity index (χ4n) is 3.49. The Labute approximate surface area is 196 Å². The number of aliphatic hydroxyl groups excluding tert-OH is 3. The number of hydrogen-bond donors (Lipinski definition) is 3. The summed E-state index contributed by atoms with van der Waals surface area (Å²) in [6.07, 6.45) is -7.78. The van der Waals surface area contributed by atoms with Crippen LogP contribution in [0.15, 0.2) is 49.1 Å². The van der Waals surface area contributed by atoms with E-state index in [1.807, 2.05) is 19.1 Å². The van der Waals surface area contributed by atoms with E-state index in [1.54, 1.807) is 35.9 Å². The molecule has 10 heteroatoms. The summed E-state index contributed by atoms with van der Waals surface area (Å²) in [4.78, 5) is 37.4. The fourth-order valence-corrected chi connectivity index (χ4v) is 3.49. The Kier molecular flexibility index (Phi) is 8.00. The van der Waals surface area contributed by atoms with Crippen LogP contribution in [0.3, 0.4) is 0 Å². The second-order valence-electron chi connectivity index (χ2n) is 7.95. The van der Waals surface area contributed by atoms with E-state index in [1.165, 1.54) is 6.08 Å². The second-order valence-corrected chi connectivity index (χ2v) is 7.95. The number of benzene rings is 1. The summed E-state index contributed by atoms with van der Waals surface area (Å²) in [6, 6.07) is 10.3. The van der Waals surface area contributed by atoms with Crippen LogP contribution in [0, 0.1) is 6.92 Å². The van der Waals surface area contributed by atoms with E-state index in [2.05, 4.69) is 6.58 Å². The lowest BCUT2D eigenvalue weighted by molar-refractivity contribution is -0.287. The molecule has 1 aromatic carbocycles. The summed E-state index contributed by atoms with van der Waals surface area (Å²) >= 11 is 0. The van der Waals surface area contributed by atoms with Gasteiger partial charge in [-0.05, 0) is 19.1 Å². The topological polar surface area (TPSA) is 145 Å². The first-order chi connectivity index (χ1) is 16.1. The van der Waals surface area contributed by atoms with E-state index in [4.69, 9.17) is 14.2 Å². The minimum Gasteiger partial charge on any atom is -0.459 e. The van der Waals surface area contributed by atoms with Crippen molar-refractivity contribution >= 4 is 17.7 Å². The highest BCUT2D eigenvalue weighted by atomic mass is 16.7. The molecule has 2 aromatic rings. The van der Waals surface area contributed by atoms with Crippen LogP contribution in [0.1, 0.15) is 27.3 Å². The van der Waals surface area contributed by atoms with Crippen molar-refractivity contribution in [3.63, 3.8) is 0 Å². The average Bonchev–Trinajstić information content (AvgIpc) is 3.17. The molecule has 34 heavy (non-hydrogen) atoms. The molecule has 0 bridgehead atoms. The Hall–Kier alpha value is -3.31. The molecule has 0 aliphatic carbocycles. The number of carbonyl (C=O) groups excluding carboxylic acids is 3. The third-order valence-electron chi connectivity index (χ3n) is 5.49. The van der Waals surface area contributed by atoms with Gasteiger partial charge in [-0.15, -0.1) is 0 Å². The molecular weight excluding hydrogens is 446 g/mol. The highest BCUT2D eigenvalue weighted by Crippen LogP contribution is 2.24. The van der Waals surface area contributed by atoms with Gasteiger partial charge in [-0.2, -0.15) is 0 Å². The molecule has 1 aromatic heterocycles. The number of carbonyl (C=O) groups is 3. The molecule has 182 valence electrons. The molecule has 2 heterocycles. The molecule has 1 aliphatic heterocycles. The molecule has 5 atom stereocenters. The van der Waals surface area contributed by atoms with Crippen LogP contribution in [-0.4, -0.2) is 74.9 Å². The van der Waals surface area contributed by atoms with Gasteiger partial charge in [0.15, 0.2) is 6.10 Å². The van der Waals surface area contributed by atoms with Crippen molar-refractivity contribution in [1.82, 2.24) is 4.57 Å². The zero-order valence-electron chi connectivity index (χ0n) is 18.8. The number of hydrogen-bond acceptors (Lipinski definition) is 9. The number of ether oxygens (including phenoxy) is 3. The number of nitrogens with zero attached hydrogens (tertiary/aromatic N) is 1. The van der Waals surface area contributed by atoms with Gasteiger partial charge in [0.1, 0.15) is 24.9 Å². The van der Waals surface area contributed by atoms with Gasteiger partial charge in [0.05, 0.1) is 12.1 Å². The number of rotatable bonds is 8. The van der Waals surface area contributed by atoms with Gasteiger partial charge in [-0.3, -0.25) is 9.59 Å². The Morgan fingerprint density at radius 2 is 1.74 bits per heavy atom. The van der Waals surface area contributed by atoms with E-state index in [0.717, 1.165) is 5.56 Å². The van der Waals surface area contributed by atoms with Crippen LogP contribution in [0.4, 0.5) is 0 Å². The molecule has 0 amide bonds. The van der Waals surface area contributed by atoms with Crippen LogP contribution in [0.2, 0.25) is 0 Å². The summed E-state index contributed by atoms with van der Waals surface area (Å²) < 4.78 is 16.7. The summed E-state index contributed by atoms with van der Waals surface area (Å²) in [5.74, 6) is -2.08. The van der Waals surface area contributed by atoms with Crippen LogP contribution in [0.25, 0.3) is 0 Å². The minimum atomic E-state index is -1.82. The lowest BCUT2D eigenvalue weighted by Gasteiger charge is -2.38. The molecule has 0 spiro atoms. The predicted molar refractivity (Wildman–Crippen MR) is 118 cm³/mol. The predicted octanol–water partition coefficient (Wildman–Crippen LogP) is 0.187. The number of aromatic nitrogens is 1. The fraction of sp³-hybridized carbons (Fsp3) is 0.375. The zero-order valence-corrected chi connectivity index (χ0v) is 18.8. The van der Waals surface area contributed by atoms with Crippen molar-refractivity contribution < 1.29 is 43.9 Å². The molecule has 1 fully saturated rings. The van der Waals surface area contributed by atoms with Crippen molar-refractivity contribution in [2.45, 2.75) is 44.1 Å². The van der Waals surface area contributed by atoms with Gasteiger partial charge in [-0.25, -0.2) is 4.79 Å². The van der Waals surface area contributed by atoms with Gasteiger partial charge in [0, 0.05) is 18.3 Å². The van der Waals surface area contributed by atoms with Gasteiger partial charge in [0.2, 0.25) is 12.1 Å². The lowest BCUT2D eigenvalue weighted by Crippen LogP contribution is -2.61. The van der Waals surface area contributed by atoms with Crippen molar-refractivity contribution in [2.24, 2.45) is 7.05 Å². The monoisotopic (exact) mass is 473 g/mol. The van der Waals surface area contributed by atoms with Gasteiger partial charge >= 0.3 is 11.9 Å². The summed E-state index contributed by atoms with van der Waals surface area (Å²) in [6.45, 7) is 5.15. The summed E-state index contributed by atoms with van der Waals surface area (Å²) in [5.41, 5.74) is 2.34. The van der Waals surface area contributed by atoms with E-state index in [0.29, 0.717) is 17.0 Å². The quantitative estimate of drug-likeness (QED) is 0.278. The molecule has 3 rings (SSSR count). The standard InChI is InChI=1S/C24H27NO9/c1-4-11-32-23(31)22-20(29)19(28)21(30)24(34-22)33-17(26)12-15-9-10-16(25(15)3)18(27)14-7-5-13(2)6-8-14/h4-10,19-22,24,28-30H,1,11-12H2,2-3H3/t19-,20+,21+,22-,24-/m1/s1. The molecule has 0 radical (unpaired) electrons. The summed E-state index contributed by atoms with van der Waals surface area (Å²) in [5, 5.41) is 30.2. The Morgan fingerprint density at radius 1 is 1.06 bits per heavy atom. The van der Waals surface area contributed by atoms with E-state index in [-0.39, 0.29) is 18.8 Å². The summed E-state index contributed by atoms with van der Waals surface area (Å²) in [7, 11) is 1.63. The average molecular weight is 473 g/mol. The first kappa shape index (κ1) is 25.3. The molecule has 1 aliphatic rings. The first-order valence-electron chi connectivity index (χ1n) is 10.6. The smallest absolute Gasteiger partial charge is 0.338 e. The van der Waals surface area contributed by atoms with E-state index >= 15 is 0 Å². The van der Waals surface area contributed by atoms with Crippen LogP contribution in [-0.2, 0) is 37.3 Å². The van der Waals surface area contributed by atoms with Gasteiger partial charge in [0.25, 0.3) is 0 Å². The Morgan fingerprint density at radius 3 is 2.38 bits per heavy atom. The molecule has 0 saturated carbocycles. The maximum Gasteiger partial charge on any atom is 0.338 e. The number of ketones is 1. The molecule has 1 saturated heterocycles. The second kappa shape index (κ2) is 10.7. The number of aliphatic hydroxyl groups is 3. The van der Waals surface area contributed by atoms with E-state index < -0.39 is 42.6 Å². The third kappa shape index (κ3) is 5.42.